The fraction of sp³-hybridized carbons (Fsp3) is 0.588. The summed E-state index contributed by atoms with van der Waals surface area (Å²) in [6.07, 6.45) is 0.928. The zero-order chi connectivity index (χ0) is 18.5. The molecule has 1 unspecified atom stereocenters. The molecule has 1 aromatic rings. The van der Waals surface area contributed by atoms with Crippen LogP contribution < -0.4 is 5.32 Å². The Balaban J connectivity index is 1.48. The van der Waals surface area contributed by atoms with E-state index in [0.717, 1.165) is 37.6 Å². The molecule has 0 radical (unpaired) electrons. The highest BCUT2D eigenvalue weighted by Crippen LogP contribution is 2.17. The van der Waals surface area contributed by atoms with Crippen LogP contribution in [0.1, 0.15) is 24.9 Å². The topological polar surface area (TPSA) is 75.0 Å². The zero-order valence-electron chi connectivity index (χ0n) is 14.7. The van der Waals surface area contributed by atoms with Gasteiger partial charge in [-0.25, -0.2) is 0 Å². The standard InChI is InChI=1S/C17H23N3O4S2/c1-12(21)23-10-14-4-3-13(24-14)9-19-5-2-6-20(8-7-19)16(22)15-11-26-17(25)18-15/h3-4,15H,2,5-11H2,1H3,(H,18,25). The van der Waals surface area contributed by atoms with E-state index in [2.05, 4.69) is 10.2 Å². The predicted molar refractivity (Wildman–Crippen MR) is 103 cm³/mol. The molecule has 2 aliphatic rings. The largest absolute Gasteiger partial charge is 0.461 e. The van der Waals surface area contributed by atoms with Gasteiger partial charge in [0.15, 0.2) is 0 Å². The minimum atomic E-state index is -0.323. The molecule has 26 heavy (non-hydrogen) atoms. The van der Waals surface area contributed by atoms with Gasteiger partial charge in [-0.1, -0.05) is 24.0 Å². The summed E-state index contributed by atoms with van der Waals surface area (Å²) in [7, 11) is 0. The normalized spacial score (nSPS) is 21.3. The van der Waals surface area contributed by atoms with Crippen LogP contribution in [-0.4, -0.2) is 64.0 Å². The van der Waals surface area contributed by atoms with Crippen LogP contribution in [0.25, 0.3) is 0 Å². The highest BCUT2D eigenvalue weighted by Gasteiger charge is 2.30. The Kier molecular flexibility index (Phi) is 6.55. The average Bonchev–Trinajstić information content (AvgIpc) is 3.17. The number of amides is 1. The number of ether oxygens (including phenoxy) is 1. The second kappa shape index (κ2) is 8.88. The first-order chi connectivity index (χ1) is 12.5. The molecule has 0 spiro atoms. The summed E-state index contributed by atoms with van der Waals surface area (Å²) >= 11 is 6.64. The number of carbonyl (C=O) groups is 2. The molecule has 2 fully saturated rings. The zero-order valence-corrected chi connectivity index (χ0v) is 16.4. The maximum Gasteiger partial charge on any atom is 0.303 e. The molecule has 2 aliphatic heterocycles. The van der Waals surface area contributed by atoms with Crippen LogP contribution >= 0.6 is 24.0 Å². The number of rotatable bonds is 5. The van der Waals surface area contributed by atoms with Crippen molar-refractivity contribution >= 4 is 40.2 Å². The smallest absolute Gasteiger partial charge is 0.303 e. The van der Waals surface area contributed by atoms with Crippen LogP contribution in [0.4, 0.5) is 0 Å². The first kappa shape index (κ1) is 19.2. The van der Waals surface area contributed by atoms with Crippen LogP contribution in [-0.2, 0) is 27.5 Å². The molecule has 1 N–H and O–H groups in total. The molecule has 142 valence electrons. The quantitative estimate of drug-likeness (QED) is 0.590. The summed E-state index contributed by atoms with van der Waals surface area (Å²) in [6, 6.07) is 3.55. The molecule has 1 atom stereocenters. The van der Waals surface area contributed by atoms with Gasteiger partial charge in [-0.2, -0.15) is 0 Å². The molecule has 3 heterocycles. The lowest BCUT2D eigenvalue weighted by Gasteiger charge is -2.24. The summed E-state index contributed by atoms with van der Waals surface area (Å²) in [5.41, 5.74) is 0. The third-order valence-corrected chi connectivity index (χ3v) is 5.74. The van der Waals surface area contributed by atoms with Gasteiger partial charge in [-0.05, 0) is 18.6 Å². The van der Waals surface area contributed by atoms with Crippen molar-refractivity contribution in [3.63, 3.8) is 0 Å². The maximum absolute atomic E-state index is 12.6. The number of hydrogen-bond donors (Lipinski definition) is 1. The van der Waals surface area contributed by atoms with Crippen LogP contribution in [0.3, 0.4) is 0 Å². The van der Waals surface area contributed by atoms with Crippen LogP contribution in [0.15, 0.2) is 16.5 Å². The van der Waals surface area contributed by atoms with E-state index >= 15 is 0 Å². The van der Waals surface area contributed by atoms with Gasteiger partial charge in [0.2, 0.25) is 5.91 Å². The number of esters is 1. The van der Waals surface area contributed by atoms with E-state index in [1.54, 1.807) is 0 Å². The molecular weight excluding hydrogens is 374 g/mol. The minimum Gasteiger partial charge on any atom is -0.461 e. The van der Waals surface area contributed by atoms with E-state index in [1.165, 1.54) is 18.7 Å². The number of furan rings is 1. The van der Waals surface area contributed by atoms with Crippen LogP contribution in [0.2, 0.25) is 0 Å². The van der Waals surface area contributed by atoms with Gasteiger partial charge >= 0.3 is 5.97 Å². The second-order valence-electron chi connectivity index (χ2n) is 6.40. The molecule has 0 aromatic carbocycles. The van der Waals surface area contributed by atoms with Crippen molar-refractivity contribution in [2.24, 2.45) is 0 Å². The summed E-state index contributed by atoms with van der Waals surface area (Å²) < 4.78 is 11.4. The Bertz CT molecular complexity index is 679. The SMILES string of the molecule is CC(=O)OCc1ccc(CN2CCCN(C(=O)C3CSC(=S)N3)CC2)o1. The fourth-order valence-electron chi connectivity index (χ4n) is 3.07. The van der Waals surface area contributed by atoms with Gasteiger partial charge in [0.25, 0.3) is 0 Å². The van der Waals surface area contributed by atoms with Crippen molar-refractivity contribution in [2.45, 2.75) is 32.5 Å². The third-order valence-electron chi connectivity index (χ3n) is 4.39. The first-order valence-electron chi connectivity index (χ1n) is 8.66. The molecule has 7 nitrogen and oxygen atoms in total. The van der Waals surface area contributed by atoms with Crippen molar-refractivity contribution in [3.05, 3.63) is 23.7 Å². The van der Waals surface area contributed by atoms with Gasteiger partial charge in [0.05, 0.1) is 6.54 Å². The molecule has 1 amide bonds. The third kappa shape index (κ3) is 5.21. The molecule has 0 aliphatic carbocycles. The van der Waals surface area contributed by atoms with Crippen molar-refractivity contribution in [2.75, 3.05) is 31.9 Å². The Morgan fingerprint density at radius 3 is 2.85 bits per heavy atom. The fourth-order valence-corrected chi connectivity index (χ4v) is 4.18. The summed E-state index contributed by atoms with van der Waals surface area (Å²) in [5, 5.41) is 3.08. The highest BCUT2D eigenvalue weighted by atomic mass is 32.2. The first-order valence-corrected chi connectivity index (χ1v) is 10.1. The second-order valence-corrected chi connectivity index (χ2v) is 8.10. The molecule has 0 saturated carbocycles. The van der Waals surface area contributed by atoms with E-state index in [4.69, 9.17) is 21.4 Å². The number of carbonyl (C=O) groups excluding carboxylic acids is 2. The van der Waals surface area contributed by atoms with Crippen molar-refractivity contribution in [1.82, 2.24) is 15.1 Å². The number of nitrogens with zero attached hydrogens (tertiary/aromatic N) is 2. The van der Waals surface area contributed by atoms with Crippen molar-refractivity contribution < 1.29 is 18.7 Å². The van der Waals surface area contributed by atoms with E-state index in [9.17, 15) is 9.59 Å². The van der Waals surface area contributed by atoms with E-state index in [1.807, 2.05) is 17.0 Å². The van der Waals surface area contributed by atoms with Crippen molar-refractivity contribution in [3.8, 4) is 0 Å². The lowest BCUT2D eigenvalue weighted by molar-refractivity contribution is -0.142. The maximum atomic E-state index is 12.6. The molecule has 2 saturated heterocycles. The Morgan fingerprint density at radius 1 is 1.31 bits per heavy atom. The number of hydrogen-bond acceptors (Lipinski definition) is 7. The molecule has 9 heteroatoms. The van der Waals surface area contributed by atoms with Gasteiger partial charge in [-0.3, -0.25) is 14.5 Å². The average molecular weight is 398 g/mol. The number of thiocarbonyl (C=S) groups is 1. The summed E-state index contributed by atoms with van der Waals surface area (Å²) in [4.78, 5) is 27.7. The van der Waals surface area contributed by atoms with E-state index < -0.39 is 0 Å². The van der Waals surface area contributed by atoms with E-state index in [0.29, 0.717) is 23.2 Å². The molecule has 1 aromatic heterocycles. The minimum absolute atomic E-state index is 0.140. The Morgan fingerprint density at radius 2 is 2.12 bits per heavy atom. The highest BCUT2D eigenvalue weighted by molar-refractivity contribution is 8.23. The predicted octanol–water partition coefficient (Wildman–Crippen LogP) is 1.37. The Labute approximate surface area is 162 Å². The van der Waals surface area contributed by atoms with Crippen molar-refractivity contribution in [1.29, 1.82) is 0 Å². The van der Waals surface area contributed by atoms with Crippen LogP contribution in [0.5, 0.6) is 0 Å². The number of nitrogens with one attached hydrogen (secondary N) is 1. The lowest BCUT2D eigenvalue weighted by atomic mass is 10.2. The summed E-state index contributed by atoms with van der Waals surface area (Å²) in [5.74, 6) is 2.01. The van der Waals surface area contributed by atoms with Gasteiger partial charge in [-0.15, -0.1) is 0 Å². The van der Waals surface area contributed by atoms with Crippen LogP contribution in [0, 0.1) is 0 Å². The van der Waals surface area contributed by atoms with Gasteiger partial charge < -0.3 is 19.4 Å². The van der Waals surface area contributed by atoms with Gasteiger partial charge in [0.1, 0.15) is 28.5 Å². The molecule has 0 bridgehead atoms. The van der Waals surface area contributed by atoms with E-state index in [-0.39, 0.29) is 24.5 Å². The summed E-state index contributed by atoms with van der Waals surface area (Å²) in [6.45, 7) is 5.40. The Hall–Kier alpha value is -1.58. The number of thioether (sulfide) groups is 1. The monoisotopic (exact) mass is 397 g/mol. The lowest BCUT2D eigenvalue weighted by Crippen LogP contribution is -2.46. The van der Waals surface area contributed by atoms with Gasteiger partial charge in [0, 0.05) is 38.9 Å². The molecule has 3 rings (SSSR count). The molecular formula is C17H23N3O4S2.